The normalized spacial score (nSPS) is 10.6. The van der Waals surface area contributed by atoms with Gasteiger partial charge in [0.1, 0.15) is 5.75 Å². The Balaban J connectivity index is 2.67. The van der Waals surface area contributed by atoms with Crippen LogP contribution in [0.25, 0.3) is 11.1 Å². The minimum atomic E-state index is -0.404. The Labute approximate surface area is 117 Å². The Morgan fingerprint density at radius 2 is 2.00 bits per heavy atom. The standard InChI is InChI=1S/C15H16N2O3/c1-10(2)14-9-16-7-6-12(14)13-8-11(17(18)19)4-5-15(13)20-3/h4-10H,1-3H3. The molecule has 0 radical (unpaired) electrons. The predicted octanol–water partition coefficient (Wildman–Crippen LogP) is 3.79. The molecule has 0 atom stereocenters. The Morgan fingerprint density at radius 1 is 1.25 bits per heavy atom. The summed E-state index contributed by atoms with van der Waals surface area (Å²) in [5.74, 6) is 0.881. The van der Waals surface area contributed by atoms with Crippen LogP contribution < -0.4 is 4.74 Å². The van der Waals surface area contributed by atoms with Crippen LogP contribution in [0.3, 0.4) is 0 Å². The van der Waals surface area contributed by atoms with Crippen LogP contribution in [-0.2, 0) is 0 Å². The number of nitro benzene ring substituents is 1. The Hall–Kier alpha value is -2.43. The molecule has 0 unspecified atom stereocenters. The quantitative estimate of drug-likeness (QED) is 0.627. The zero-order valence-corrected chi connectivity index (χ0v) is 11.7. The average molecular weight is 272 g/mol. The van der Waals surface area contributed by atoms with Gasteiger partial charge in [-0.3, -0.25) is 15.1 Å². The van der Waals surface area contributed by atoms with Crippen LogP contribution >= 0.6 is 0 Å². The second-order valence-corrected chi connectivity index (χ2v) is 4.76. The summed E-state index contributed by atoms with van der Waals surface area (Å²) >= 11 is 0. The van der Waals surface area contributed by atoms with Crippen molar-refractivity contribution in [3.8, 4) is 16.9 Å². The number of methoxy groups -OCH3 is 1. The van der Waals surface area contributed by atoms with Crippen LogP contribution in [-0.4, -0.2) is 17.0 Å². The number of hydrogen-bond donors (Lipinski definition) is 0. The van der Waals surface area contributed by atoms with E-state index in [0.717, 1.165) is 11.1 Å². The smallest absolute Gasteiger partial charge is 0.270 e. The fourth-order valence-corrected chi connectivity index (χ4v) is 2.13. The Morgan fingerprint density at radius 3 is 2.60 bits per heavy atom. The van der Waals surface area contributed by atoms with Crippen LogP contribution in [0.1, 0.15) is 25.3 Å². The van der Waals surface area contributed by atoms with E-state index in [9.17, 15) is 10.1 Å². The van der Waals surface area contributed by atoms with E-state index in [-0.39, 0.29) is 11.6 Å². The second kappa shape index (κ2) is 5.69. The summed E-state index contributed by atoms with van der Waals surface area (Å²) in [6, 6.07) is 6.47. The van der Waals surface area contributed by atoms with Crippen molar-refractivity contribution in [2.24, 2.45) is 0 Å². The lowest BCUT2D eigenvalue weighted by Gasteiger charge is -2.14. The van der Waals surface area contributed by atoms with E-state index in [0.29, 0.717) is 11.3 Å². The third-order valence-corrected chi connectivity index (χ3v) is 3.16. The van der Waals surface area contributed by atoms with Gasteiger partial charge in [-0.15, -0.1) is 0 Å². The first-order valence-electron chi connectivity index (χ1n) is 6.31. The summed E-state index contributed by atoms with van der Waals surface area (Å²) in [5, 5.41) is 11.0. The molecule has 0 aliphatic heterocycles. The van der Waals surface area contributed by atoms with Gasteiger partial charge in [0.25, 0.3) is 5.69 Å². The molecule has 0 amide bonds. The molecule has 0 aliphatic rings. The number of nitro groups is 1. The van der Waals surface area contributed by atoms with Gasteiger partial charge in [-0.1, -0.05) is 13.8 Å². The van der Waals surface area contributed by atoms with Crippen LogP contribution in [0.15, 0.2) is 36.7 Å². The monoisotopic (exact) mass is 272 g/mol. The highest BCUT2D eigenvalue weighted by Gasteiger charge is 2.16. The summed E-state index contributed by atoms with van der Waals surface area (Å²) in [4.78, 5) is 14.7. The van der Waals surface area contributed by atoms with Gasteiger partial charge in [-0.05, 0) is 29.2 Å². The van der Waals surface area contributed by atoms with Gasteiger partial charge >= 0.3 is 0 Å². The van der Waals surface area contributed by atoms with Crippen LogP contribution in [0, 0.1) is 10.1 Å². The second-order valence-electron chi connectivity index (χ2n) is 4.76. The van der Waals surface area contributed by atoms with E-state index in [4.69, 9.17) is 4.74 Å². The van der Waals surface area contributed by atoms with E-state index in [1.54, 1.807) is 31.6 Å². The number of benzene rings is 1. The fourth-order valence-electron chi connectivity index (χ4n) is 2.13. The molecule has 0 saturated heterocycles. The number of ether oxygens (including phenoxy) is 1. The van der Waals surface area contributed by atoms with Gasteiger partial charge in [-0.25, -0.2) is 0 Å². The van der Waals surface area contributed by atoms with E-state index >= 15 is 0 Å². The molecular weight excluding hydrogens is 256 g/mol. The Kier molecular flexibility index (Phi) is 3.98. The van der Waals surface area contributed by atoms with Crippen molar-refractivity contribution in [3.63, 3.8) is 0 Å². The molecule has 2 aromatic rings. The topological polar surface area (TPSA) is 65.3 Å². The lowest BCUT2D eigenvalue weighted by Crippen LogP contribution is -1.97. The molecule has 5 nitrogen and oxygen atoms in total. The summed E-state index contributed by atoms with van der Waals surface area (Å²) in [7, 11) is 1.56. The number of hydrogen-bond acceptors (Lipinski definition) is 4. The van der Waals surface area contributed by atoms with Gasteiger partial charge in [0.15, 0.2) is 0 Å². The number of aromatic nitrogens is 1. The highest BCUT2D eigenvalue weighted by Crippen LogP contribution is 2.37. The molecule has 5 heteroatoms. The van der Waals surface area contributed by atoms with Gasteiger partial charge in [-0.2, -0.15) is 0 Å². The first kappa shape index (κ1) is 14.0. The first-order valence-corrected chi connectivity index (χ1v) is 6.31. The van der Waals surface area contributed by atoms with Crippen molar-refractivity contribution >= 4 is 5.69 Å². The zero-order chi connectivity index (χ0) is 14.7. The molecule has 0 saturated carbocycles. The van der Waals surface area contributed by atoms with Gasteiger partial charge in [0, 0.05) is 30.1 Å². The van der Waals surface area contributed by atoms with Crippen molar-refractivity contribution in [2.75, 3.05) is 7.11 Å². The van der Waals surface area contributed by atoms with Crippen molar-refractivity contribution in [2.45, 2.75) is 19.8 Å². The maximum atomic E-state index is 11.0. The first-order chi connectivity index (χ1) is 9.54. The molecule has 1 heterocycles. The summed E-state index contributed by atoms with van der Waals surface area (Å²) < 4.78 is 5.33. The fraction of sp³-hybridized carbons (Fsp3) is 0.267. The SMILES string of the molecule is COc1ccc([N+](=O)[O-])cc1-c1ccncc1C(C)C. The summed E-state index contributed by atoms with van der Waals surface area (Å²) in [6.07, 6.45) is 3.47. The predicted molar refractivity (Wildman–Crippen MR) is 77.0 cm³/mol. The minimum absolute atomic E-state index is 0.0484. The summed E-state index contributed by atoms with van der Waals surface area (Å²) in [6.45, 7) is 4.12. The molecule has 0 N–H and O–H groups in total. The maximum Gasteiger partial charge on any atom is 0.270 e. The largest absolute Gasteiger partial charge is 0.496 e. The summed E-state index contributed by atoms with van der Waals surface area (Å²) in [5.41, 5.74) is 2.71. The highest BCUT2D eigenvalue weighted by molar-refractivity contribution is 5.75. The molecule has 0 bridgehead atoms. The third kappa shape index (κ3) is 2.61. The molecule has 104 valence electrons. The van der Waals surface area contributed by atoms with Crippen LogP contribution in [0.5, 0.6) is 5.75 Å². The van der Waals surface area contributed by atoms with Crippen molar-refractivity contribution < 1.29 is 9.66 Å². The minimum Gasteiger partial charge on any atom is -0.496 e. The van der Waals surface area contributed by atoms with Crippen LogP contribution in [0.4, 0.5) is 5.69 Å². The van der Waals surface area contributed by atoms with E-state index in [1.165, 1.54) is 6.07 Å². The molecule has 1 aromatic heterocycles. The third-order valence-electron chi connectivity index (χ3n) is 3.16. The maximum absolute atomic E-state index is 11.0. The van der Waals surface area contributed by atoms with E-state index in [2.05, 4.69) is 18.8 Å². The highest BCUT2D eigenvalue weighted by atomic mass is 16.6. The van der Waals surface area contributed by atoms with Gasteiger partial charge < -0.3 is 4.74 Å². The molecule has 20 heavy (non-hydrogen) atoms. The average Bonchev–Trinajstić information content (AvgIpc) is 2.46. The molecule has 2 rings (SSSR count). The van der Waals surface area contributed by atoms with Crippen molar-refractivity contribution in [1.29, 1.82) is 0 Å². The van der Waals surface area contributed by atoms with Crippen molar-refractivity contribution in [3.05, 3.63) is 52.3 Å². The van der Waals surface area contributed by atoms with Gasteiger partial charge in [0.2, 0.25) is 0 Å². The van der Waals surface area contributed by atoms with Crippen molar-refractivity contribution in [1.82, 2.24) is 4.98 Å². The van der Waals surface area contributed by atoms with E-state index in [1.807, 2.05) is 6.07 Å². The molecule has 0 fully saturated rings. The lowest BCUT2D eigenvalue weighted by molar-refractivity contribution is -0.384. The number of pyridine rings is 1. The number of non-ortho nitro benzene ring substituents is 1. The number of rotatable bonds is 4. The number of nitrogens with zero attached hydrogens (tertiary/aromatic N) is 2. The lowest BCUT2D eigenvalue weighted by atomic mass is 9.94. The molecule has 1 aromatic carbocycles. The van der Waals surface area contributed by atoms with Crippen LogP contribution in [0.2, 0.25) is 0 Å². The Bertz CT molecular complexity index is 639. The molecular formula is C15H16N2O3. The van der Waals surface area contributed by atoms with E-state index < -0.39 is 4.92 Å². The molecule has 0 aliphatic carbocycles. The molecule has 0 spiro atoms. The zero-order valence-electron chi connectivity index (χ0n) is 11.7. The van der Waals surface area contributed by atoms with Gasteiger partial charge in [0.05, 0.1) is 12.0 Å².